The van der Waals surface area contributed by atoms with Crippen LogP contribution in [0, 0.1) is 0 Å². The molecule has 32 heavy (non-hydrogen) atoms. The number of ether oxygens (including phenoxy) is 1. The quantitative estimate of drug-likeness (QED) is 0.496. The van der Waals surface area contributed by atoms with Gasteiger partial charge in [0.25, 0.3) is 5.91 Å². The largest absolute Gasteiger partial charge is 0.493 e. The van der Waals surface area contributed by atoms with Gasteiger partial charge in [-0.05, 0) is 62.0 Å². The monoisotopic (exact) mass is 452 g/mol. The predicted molar refractivity (Wildman–Crippen MR) is 128 cm³/mol. The Balaban J connectivity index is 2.44. The Kier molecular flexibility index (Phi) is 7.56. The summed E-state index contributed by atoms with van der Waals surface area (Å²) in [4.78, 5) is 14.9. The van der Waals surface area contributed by atoms with Crippen molar-refractivity contribution >= 4 is 17.5 Å². The van der Waals surface area contributed by atoms with Crippen molar-refractivity contribution in [2.24, 2.45) is 0 Å². The fraction of sp³-hybridized carbons (Fsp3) is 0.269. The molecule has 1 atom stereocenters. The lowest BCUT2D eigenvalue weighted by atomic mass is 9.76. The number of amides is 1. The number of hydrogen-bond donors (Lipinski definition) is 2. The van der Waals surface area contributed by atoms with E-state index >= 15 is 0 Å². The minimum Gasteiger partial charge on any atom is -0.493 e. The minimum absolute atomic E-state index is 0.306. The van der Waals surface area contributed by atoms with Crippen molar-refractivity contribution in [3.8, 4) is 5.75 Å². The zero-order chi connectivity index (χ0) is 23.3. The van der Waals surface area contributed by atoms with Gasteiger partial charge in [-0.2, -0.15) is 0 Å². The van der Waals surface area contributed by atoms with Crippen LogP contribution in [0.1, 0.15) is 39.5 Å². The van der Waals surface area contributed by atoms with Gasteiger partial charge in [0.15, 0.2) is 0 Å². The molecule has 0 saturated heterocycles. The van der Waals surface area contributed by atoms with Crippen LogP contribution in [0.25, 0.3) is 0 Å². The Hall–Kier alpha value is -2.86. The number of rotatable bonds is 8. The van der Waals surface area contributed by atoms with E-state index < -0.39 is 5.60 Å². The molecular formula is C26H29ClN2O3. The molecule has 0 radical (unpaired) electrons. The minimum atomic E-state index is -1.66. The molecule has 0 aliphatic heterocycles. The van der Waals surface area contributed by atoms with E-state index in [1.807, 2.05) is 50.2 Å². The summed E-state index contributed by atoms with van der Waals surface area (Å²) in [5.41, 5.74) is 1.28. The van der Waals surface area contributed by atoms with Crippen molar-refractivity contribution in [1.82, 2.24) is 10.2 Å². The van der Waals surface area contributed by atoms with E-state index in [1.54, 1.807) is 49.5 Å². The van der Waals surface area contributed by atoms with Crippen molar-refractivity contribution < 1.29 is 14.6 Å². The van der Waals surface area contributed by atoms with E-state index in [4.69, 9.17) is 16.3 Å². The first-order valence-electron chi connectivity index (χ1n) is 10.5. The topological polar surface area (TPSA) is 61.8 Å². The molecule has 0 aliphatic rings. The lowest BCUT2D eigenvalue weighted by molar-refractivity contribution is 0.0932. The summed E-state index contributed by atoms with van der Waals surface area (Å²) in [6.45, 7) is 2.87. The maximum atomic E-state index is 12.9. The fourth-order valence-corrected chi connectivity index (χ4v) is 4.11. The second-order valence-electron chi connectivity index (χ2n) is 7.80. The molecule has 5 nitrogen and oxygen atoms in total. The van der Waals surface area contributed by atoms with E-state index in [0.29, 0.717) is 46.2 Å². The van der Waals surface area contributed by atoms with Crippen molar-refractivity contribution in [2.75, 3.05) is 27.7 Å². The van der Waals surface area contributed by atoms with Gasteiger partial charge in [0.2, 0.25) is 0 Å². The number of benzene rings is 3. The molecule has 1 unspecified atom stereocenters. The molecule has 168 valence electrons. The Bertz CT molecular complexity index is 1080. The summed E-state index contributed by atoms with van der Waals surface area (Å²) < 4.78 is 5.93. The number of nitrogens with zero attached hydrogens (tertiary/aromatic N) is 1. The SMILES string of the molecule is CCOc1cccc(C(=O)NC)c1C(O)(c1ccc(Cl)cc1)c1ccccc1CN(C)C. The highest BCUT2D eigenvalue weighted by molar-refractivity contribution is 6.30. The Morgan fingerprint density at radius 1 is 1.06 bits per heavy atom. The first-order chi connectivity index (χ1) is 15.3. The first-order valence-corrected chi connectivity index (χ1v) is 10.9. The summed E-state index contributed by atoms with van der Waals surface area (Å²) in [5.74, 6) is 0.143. The molecule has 0 bridgehead atoms. The summed E-state index contributed by atoms with van der Waals surface area (Å²) in [5, 5.41) is 15.9. The van der Waals surface area contributed by atoms with Gasteiger partial charge in [0, 0.05) is 29.7 Å². The van der Waals surface area contributed by atoms with Crippen molar-refractivity contribution in [3.63, 3.8) is 0 Å². The third-order valence-electron chi connectivity index (χ3n) is 5.32. The number of hydrogen-bond acceptors (Lipinski definition) is 4. The smallest absolute Gasteiger partial charge is 0.251 e. The van der Waals surface area contributed by atoms with Crippen LogP contribution in [0.5, 0.6) is 5.75 Å². The van der Waals surface area contributed by atoms with Crippen LogP contribution < -0.4 is 10.1 Å². The molecule has 1 amide bonds. The number of nitrogens with one attached hydrogen (secondary N) is 1. The Morgan fingerprint density at radius 3 is 2.38 bits per heavy atom. The fourth-order valence-electron chi connectivity index (χ4n) is 3.98. The molecular weight excluding hydrogens is 424 g/mol. The average Bonchev–Trinajstić information content (AvgIpc) is 2.78. The third-order valence-corrected chi connectivity index (χ3v) is 5.57. The van der Waals surface area contributed by atoms with Gasteiger partial charge in [0.05, 0.1) is 6.61 Å². The van der Waals surface area contributed by atoms with Crippen LogP contribution in [-0.4, -0.2) is 43.7 Å². The predicted octanol–water partition coefficient (Wildman–Crippen LogP) is 4.44. The van der Waals surface area contributed by atoms with E-state index in [1.165, 1.54) is 0 Å². The van der Waals surface area contributed by atoms with Gasteiger partial charge in [0.1, 0.15) is 11.4 Å². The highest BCUT2D eigenvalue weighted by Gasteiger charge is 2.41. The Morgan fingerprint density at radius 2 is 1.75 bits per heavy atom. The zero-order valence-corrected chi connectivity index (χ0v) is 19.6. The maximum absolute atomic E-state index is 12.9. The second-order valence-corrected chi connectivity index (χ2v) is 8.24. The van der Waals surface area contributed by atoms with Crippen molar-refractivity contribution in [3.05, 3.63) is 99.6 Å². The summed E-state index contributed by atoms with van der Waals surface area (Å²) >= 11 is 6.16. The molecule has 2 N–H and O–H groups in total. The van der Waals surface area contributed by atoms with Gasteiger partial charge in [-0.25, -0.2) is 0 Å². The van der Waals surface area contributed by atoms with Gasteiger partial charge in [-0.3, -0.25) is 4.79 Å². The number of carbonyl (C=O) groups is 1. The molecule has 3 aromatic carbocycles. The molecule has 0 aromatic heterocycles. The summed E-state index contributed by atoms with van der Waals surface area (Å²) in [6.07, 6.45) is 0. The zero-order valence-electron chi connectivity index (χ0n) is 18.9. The Labute approximate surface area is 194 Å². The first kappa shape index (κ1) is 23.8. The van der Waals surface area contributed by atoms with Crippen LogP contribution in [0.4, 0.5) is 0 Å². The molecule has 3 aromatic rings. The summed E-state index contributed by atoms with van der Waals surface area (Å²) in [7, 11) is 5.52. The highest BCUT2D eigenvalue weighted by atomic mass is 35.5. The molecule has 0 fully saturated rings. The molecule has 0 saturated carbocycles. The van der Waals surface area contributed by atoms with Gasteiger partial charge in [-0.1, -0.05) is 54.1 Å². The molecule has 0 spiro atoms. The number of aliphatic hydroxyl groups is 1. The molecule has 3 rings (SSSR count). The van der Waals surface area contributed by atoms with E-state index in [9.17, 15) is 9.90 Å². The summed E-state index contributed by atoms with van der Waals surface area (Å²) in [6, 6.07) is 20.0. The van der Waals surface area contributed by atoms with E-state index in [0.717, 1.165) is 5.56 Å². The van der Waals surface area contributed by atoms with Gasteiger partial charge in [-0.15, -0.1) is 0 Å². The number of halogens is 1. The third kappa shape index (κ3) is 4.65. The number of carbonyl (C=O) groups excluding carboxylic acids is 1. The lowest BCUT2D eigenvalue weighted by Crippen LogP contribution is -2.35. The average molecular weight is 453 g/mol. The molecule has 0 heterocycles. The van der Waals surface area contributed by atoms with Gasteiger partial charge < -0.3 is 20.1 Å². The van der Waals surface area contributed by atoms with Gasteiger partial charge >= 0.3 is 0 Å². The van der Waals surface area contributed by atoms with Crippen LogP contribution in [-0.2, 0) is 12.1 Å². The van der Waals surface area contributed by atoms with Crippen LogP contribution in [0.3, 0.4) is 0 Å². The van der Waals surface area contributed by atoms with Crippen LogP contribution >= 0.6 is 11.6 Å². The second kappa shape index (κ2) is 10.2. The lowest BCUT2D eigenvalue weighted by Gasteiger charge is -2.35. The van der Waals surface area contributed by atoms with E-state index in [2.05, 4.69) is 5.32 Å². The van der Waals surface area contributed by atoms with Crippen LogP contribution in [0.15, 0.2) is 66.7 Å². The van der Waals surface area contributed by atoms with Crippen molar-refractivity contribution in [1.29, 1.82) is 0 Å². The highest BCUT2D eigenvalue weighted by Crippen LogP contribution is 2.44. The standard InChI is InChI=1S/C26H29ClN2O3/c1-5-32-23-12-8-10-21(25(30)28-2)24(23)26(31,19-13-15-20(27)16-14-19)22-11-7-6-9-18(22)17-29(3)4/h6-16,31H,5,17H2,1-4H3,(H,28,30). The molecule has 0 aliphatic carbocycles. The van der Waals surface area contributed by atoms with E-state index in [-0.39, 0.29) is 5.91 Å². The van der Waals surface area contributed by atoms with Crippen molar-refractivity contribution in [2.45, 2.75) is 19.1 Å². The molecule has 6 heteroatoms. The normalized spacial score (nSPS) is 13.0. The van der Waals surface area contributed by atoms with Crippen LogP contribution in [0.2, 0.25) is 5.02 Å². The maximum Gasteiger partial charge on any atom is 0.251 e.